The van der Waals surface area contributed by atoms with Crippen LogP contribution in [0.25, 0.3) is 0 Å². The number of hydrogen-bond donors (Lipinski definition) is 1. The molecular formula is C17H19F2NO. The minimum absolute atomic E-state index is 0.00708. The zero-order valence-corrected chi connectivity index (χ0v) is 12.2. The highest BCUT2D eigenvalue weighted by molar-refractivity contribution is 5.47. The summed E-state index contributed by atoms with van der Waals surface area (Å²) >= 11 is 0. The monoisotopic (exact) mass is 291 g/mol. The van der Waals surface area contributed by atoms with Crippen molar-refractivity contribution in [3.63, 3.8) is 0 Å². The van der Waals surface area contributed by atoms with Crippen LogP contribution in [0.4, 0.5) is 14.5 Å². The molecule has 4 heteroatoms. The first-order valence-corrected chi connectivity index (χ1v) is 6.89. The summed E-state index contributed by atoms with van der Waals surface area (Å²) in [5.41, 5.74) is 2.19. The highest BCUT2D eigenvalue weighted by atomic mass is 19.2. The van der Waals surface area contributed by atoms with Gasteiger partial charge in [-0.2, -0.15) is 0 Å². The van der Waals surface area contributed by atoms with Crippen molar-refractivity contribution < 1.29 is 13.9 Å². The van der Waals surface area contributed by atoms with Crippen LogP contribution >= 0.6 is 0 Å². The first-order chi connectivity index (χ1) is 9.99. The summed E-state index contributed by atoms with van der Waals surface area (Å²) in [5, 5.41) is 10.0. The van der Waals surface area contributed by atoms with Gasteiger partial charge in [-0.3, -0.25) is 0 Å². The molecule has 0 aromatic heterocycles. The van der Waals surface area contributed by atoms with E-state index >= 15 is 0 Å². The Balaban J connectivity index is 2.00. The molecule has 0 aliphatic rings. The number of aryl methyl sites for hydroxylation is 1. The number of aliphatic hydroxyl groups is 1. The van der Waals surface area contributed by atoms with E-state index in [1.807, 2.05) is 43.1 Å². The number of anilines is 1. The SMILES string of the molecule is Cc1cccc(N(C)CCC(O)c2cccc(F)c2F)c1. The molecule has 0 aliphatic carbocycles. The van der Waals surface area contributed by atoms with Crippen LogP contribution in [0.5, 0.6) is 0 Å². The Morgan fingerprint density at radius 3 is 2.57 bits per heavy atom. The van der Waals surface area contributed by atoms with E-state index in [4.69, 9.17) is 0 Å². The van der Waals surface area contributed by atoms with Crippen molar-refractivity contribution in [2.45, 2.75) is 19.4 Å². The van der Waals surface area contributed by atoms with E-state index in [1.165, 1.54) is 12.1 Å². The number of nitrogens with zero attached hydrogens (tertiary/aromatic N) is 1. The zero-order chi connectivity index (χ0) is 15.4. The van der Waals surface area contributed by atoms with Gasteiger partial charge in [-0.25, -0.2) is 8.78 Å². The average molecular weight is 291 g/mol. The summed E-state index contributed by atoms with van der Waals surface area (Å²) in [6.07, 6.45) is -0.696. The van der Waals surface area contributed by atoms with Crippen LogP contribution in [-0.2, 0) is 0 Å². The smallest absolute Gasteiger partial charge is 0.164 e. The predicted molar refractivity (Wildman–Crippen MR) is 80.4 cm³/mol. The van der Waals surface area contributed by atoms with Crippen molar-refractivity contribution >= 4 is 5.69 Å². The lowest BCUT2D eigenvalue weighted by Gasteiger charge is -2.22. The van der Waals surface area contributed by atoms with Gasteiger partial charge in [0.2, 0.25) is 0 Å². The van der Waals surface area contributed by atoms with E-state index in [0.717, 1.165) is 17.3 Å². The van der Waals surface area contributed by atoms with E-state index < -0.39 is 17.7 Å². The van der Waals surface area contributed by atoms with Gasteiger partial charge in [0.05, 0.1) is 6.10 Å². The van der Waals surface area contributed by atoms with E-state index in [9.17, 15) is 13.9 Å². The van der Waals surface area contributed by atoms with E-state index in [-0.39, 0.29) is 5.56 Å². The Labute approximate surface area is 123 Å². The highest BCUT2D eigenvalue weighted by Gasteiger charge is 2.16. The van der Waals surface area contributed by atoms with Crippen LogP contribution < -0.4 is 4.90 Å². The quantitative estimate of drug-likeness (QED) is 0.905. The Bertz CT molecular complexity index is 615. The van der Waals surface area contributed by atoms with Crippen LogP contribution in [0, 0.1) is 18.6 Å². The van der Waals surface area contributed by atoms with Crippen LogP contribution in [0.1, 0.15) is 23.7 Å². The molecule has 0 fully saturated rings. The predicted octanol–water partition coefficient (Wildman–Crippen LogP) is 3.83. The molecule has 0 amide bonds. The van der Waals surface area contributed by atoms with Crippen molar-refractivity contribution in [1.82, 2.24) is 0 Å². The van der Waals surface area contributed by atoms with Gasteiger partial charge >= 0.3 is 0 Å². The van der Waals surface area contributed by atoms with Crippen molar-refractivity contribution in [1.29, 1.82) is 0 Å². The fourth-order valence-corrected chi connectivity index (χ4v) is 2.24. The van der Waals surface area contributed by atoms with Crippen LogP contribution in [0.2, 0.25) is 0 Å². The Kier molecular flexibility index (Phi) is 4.91. The summed E-state index contributed by atoms with van der Waals surface area (Å²) in [4.78, 5) is 1.98. The third-order valence-corrected chi connectivity index (χ3v) is 3.52. The molecular weight excluding hydrogens is 272 g/mol. The van der Waals surface area contributed by atoms with Gasteiger partial charge in [-0.05, 0) is 37.1 Å². The summed E-state index contributed by atoms with van der Waals surface area (Å²) in [6, 6.07) is 11.8. The molecule has 21 heavy (non-hydrogen) atoms. The Morgan fingerprint density at radius 1 is 1.14 bits per heavy atom. The number of aliphatic hydroxyl groups excluding tert-OH is 1. The lowest BCUT2D eigenvalue weighted by Crippen LogP contribution is -2.21. The molecule has 2 rings (SSSR count). The van der Waals surface area contributed by atoms with Crippen molar-refractivity contribution in [3.05, 3.63) is 65.2 Å². The number of benzene rings is 2. The third-order valence-electron chi connectivity index (χ3n) is 3.52. The van der Waals surface area contributed by atoms with Gasteiger partial charge in [-0.15, -0.1) is 0 Å². The number of hydrogen-bond acceptors (Lipinski definition) is 2. The first kappa shape index (κ1) is 15.4. The summed E-state index contributed by atoms with van der Waals surface area (Å²) in [6.45, 7) is 2.55. The van der Waals surface area contributed by atoms with Crippen molar-refractivity contribution in [2.75, 3.05) is 18.5 Å². The Morgan fingerprint density at radius 2 is 1.86 bits per heavy atom. The largest absolute Gasteiger partial charge is 0.388 e. The minimum atomic E-state index is -1.02. The van der Waals surface area contributed by atoms with Gasteiger partial charge in [-0.1, -0.05) is 24.3 Å². The standard InChI is InChI=1S/C17H19F2NO/c1-12-5-3-6-13(11-12)20(2)10-9-16(21)14-7-4-8-15(18)17(14)19/h3-8,11,16,21H,9-10H2,1-2H3. The maximum Gasteiger partial charge on any atom is 0.164 e. The topological polar surface area (TPSA) is 23.5 Å². The van der Waals surface area contributed by atoms with Crippen LogP contribution in [0.3, 0.4) is 0 Å². The maximum atomic E-state index is 13.6. The van der Waals surface area contributed by atoms with Crippen LogP contribution in [-0.4, -0.2) is 18.7 Å². The highest BCUT2D eigenvalue weighted by Crippen LogP contribution is 2.23. The van der Waals surface area contributed by atoms with Gasteiger partial charge in [0.25, 0.3) is 0 Å². The molecule has 112 valence electrons. The summed E-state index contributed by atoms with van der Waals surface area (Å²) in [5.74, 6) is -1.90. The molecule has 1 unspecified atom stereocenters. The fraction of sp³-hybridized carbons (Fsp3) is 0.294. The van der Waals surface area contributed by atoms with Gasteiger partial charge in [0, 0.05) is 24.8 Å². The average Bonchev–Trinajstić information content (AvgIpc) is 2.47. The first-order valence-electron chi connectivity index (χ1n) is 6.89. The molecule has 0 saturated heterocycles. The second-order valence-corrected chi connectivity index (χ2v) is 5.21. The maximum absolute atomic E-state index is 13.6. The molecule has 0 saturated carbocycles. The fourth-order valence-electron chi connectivity index (χ4n) is 2.24. The molecule has 0 heterocycles. The molecule has 0 spiro atoms. The van der Waals surface area contributed by atoms with Crippen molar-refractivity contribution in [3.8, 4) is 0 Å². The number of rotatable bonds is 5. The van der Waals surface area contributed by atoms with Crippen molar-refractivity contribution in [2.24, 2.45) is 0 Å². The normalized spacial score (nSPS) is 12.2. The summed E-state index contributed by atoms with van der Waals surface area (Å²) in [7, 11) is 1.91. The van der Waals surface area contributed by atoms with E-state index in [2.05, 4.69) is 0 Å². The molecule has 0 bridgehead atoms. The molecule has 2 aromatic rings. The molecule has 2 aromatic carbocycles. The summed E-state index contributed by atoms with van der Waals surface area (Å²) < 4.78 is 26.8. The zero-order valence-electron chi connectivity index (χ0n) is 12.2. The Hall–Kier alpha value is -1.94. The lowest BCUT2D eigenvalue weighted by molar-refractivity contribution is 0.164. The third kappa shape index (κ3) is 3.79. The van der Waals surface area contributed by atoms with E-state index in [0.29, 0.717) is 13.0 Å². The second kappa shape index (κ2) is 6.68. The minimum Gasteiger partial charge on any atom is -0.388 e. The van der Waals surface area contributed by atoms with E-state index in [1.54, 1.807) is 0 Å². The van der Waals surface area contributed by atoms with Gasteiger partial charge in [0.1, 0.15) is 0 Å². The van der Waals surface area contributed by atoms with Gasteiger partial charge < -0.3 is 10.0 Å². The molecule has 2 nitrogen and oxygen atoms in total. The molecule has 0 aliphatic heterocycles. The van der Waals surface area contributed by atoms with Gasteiger partial charge in [0.15, 0.2) is 11.6 Å². The molecule has 1 N–H and O–H groups in total. The number of halogens is 2. The molecule has 0 radical (unpaired) electrons. The lowest BCUT2D eigenvalue weighted by atomic mass is 10.1. The molecule has 1 atom stereocenters. The second-order valence-electron chi connectivity index (χ2n) is 5.21. The van der Waals surface area contributed by atoms with Crippen LogP contribution in [0.15, 0.2) is 42.5 Å².